The molecule has 0 bridgehead atoms. The zero-order valence-corrected chi connectivity index (χ0v) is 8.55. The second kappa shape index (κ2) is 6.00. The second-order valence-corrected chi connectivity index (χ2v) is 3.09. The maximum atomic E-state index is 10.7. The molecule has 3 nitrogen and oxygen atoms in total. The second-order valence-electron chi connectivity index (χ2n) is 3.09. The molecule has 0 rings (SSSR count). The predicted octanol–water partition coefficient (Wildman–Crippen LogP) is 0.853. The average molecular weight is 172 g/mol. The fraction of sp³-hybridized carbons (Fsp3) is 0.889. The molecule has 0 aromatic rings. The van der Waals surface area contributed by atoms with Crippen molar-refractivity contribution in [1.82, 2.24) is 10.2 Å². The maximum absolute atomic E-state index is 10.7. The van der Waals surface area contributed by atoms with Crippen LogP contribution in [0.4, 0.5) is 0 Å². The van der Waals surface area contributed by atoms with E-state index < -0.39 is 0 Å². The van der Waals surface area contributed by atoms with Crippen molar-refractivity contribution in [2.45, 2.75) is 33.7 Å². The molecule has 0 aliphatic heterocycles. The Bertz CT molecular complexity index is 132. The van der Waals surface area contributed by atoms with Crippen LogP contribution in [0.5, 0.6) is 0 Å². The summed E-state index contributed by atoms with van der Waals surface area (Å²) in [5, 5.41) is 2.86. The summed E-state index contributed by atoms with van der Waals surface area (Å²) < 4.78 is 0. The molecule has 1 N–H and O–H groups in total. The van der Waals surface area contributed by atoms with E-state index in [0.717, 1.165) is 19.6 Å². The monoisotopic (exact) mass is 172 g/mol. The van der Waals surface area contributed by atoms with Gasteiger partial charge in [-0.2, -0.15) is 0 Å². The zero-order chi connectivity index (χ0) is 9.56. The number of amides is 1. The van der Waals surface area contributed by atoms with E-state index in [1.165, 1.54) is 0 Å². The SMILES string of the molecule is CCN(CC)CC(C)NC(C)=O. The molecular formula is C9H20N2O. The molecule has 1 unspecified atom stereocenters. The fourth-order valence-electron chi connectivity index (χ4n) is 1.26. The molecule has 72 valence electrons. The highest BCUT2D eigenvalue weighted by molar-refractivity contribution is 5.73. The summed E-state index contributed by atoms with van der Waals surface area (Å²) >= 11 is 0. The molecule has 0 saturated heterocycles. The first-order valence-electron chi connectivity index (χ1n) is 4.59. The van der Waals surface area contributed by atoms with Gasteiger partial charge in [-0.3, -0.25) is 4.79 Å². The summed E-state index contributed by atoms with van der Waals surface area (Å²) in [4.78, 5) is 13.0. The van der Waals surface area contributed by atoms with Crippen LogP contribution in [0.25, 0.3) is 0 Å². The van der Waals surface area contributed by atoms with Crippen molar-refractivity contribution in [1.29, 1.82) is 0 Å². The lowest BCUT2D eigenvalue weighted by Crippen LogP contribution is -2.40. The molecule has 0 saturated carbocycles. The van der Waals surface area contributed by atoms with Crippen LogP contribution >= 0.6 is 0 Å². The smallest absolute Gasteiger partial charge is 0.217 e. The van der Waals surface area contributed by atoms with Gasteiger partial charge >= 0.3 is 0 Å². The Kier molecular flexibility index (Phi) is 5.72. The summed E-state index contributed by atoms with van der Waals surface area (Å²) in [5.41, 5.74) is 0. The van der Waals surface area contributed by atoms with Crippen LogP contribution in [-0.4, -0.2) is 36.5 Å². The Morgan fingerprint density at radius 2 is 1.92 bits per heavy atom. The highest BCUT2D eigenvalue weighted by atomic mass is 16.1. The van der Waals surface area contributed by atoms with Crippen molar-refractivity contribution in [2.75, 3.05) is 19.6 Å². The Labute approximate surface area is 75.1 Å². The number of carbonyl (C=O) groups excluding carboxylic acids is 1. The number of nitrogens with zero attached hydrogens (tertiary/aromatic N) is 1. The van der Waals surface area contributed by atoms with E-state index in [-0.39, 0.29) is 11.9 Å². The minimum Gasteiger partial charge on any atom is -0.353 e. The topological polar surface area (TPSA) is 32.3 Å². The molecule has 0 fully saturated rings. The number of hydrogen-bond acceptors (Lipinski definition) is 2. The summed E-state index contributed by atoms with van der Waals surface area (Å²) in [5.74, 6) is 0.0506. The molecule has 0 spiro atoms. The Morgan fingerprint density at radius 1 is 1.42 bits per heavy atom. The van der Waals surface area contributed by atoms with Crippen molar-refractivity contribution >= 4 is 5.91 Å². The number of nitrogens with one attached hydrogen (secondary N) is 1. The minimum absolute atomic E-state index is 0.0506. The van der Waals surface area contributed by atoms with Crippen LogP contribution in [0.15, 0.2) is 0 Å². The van der Waals surface area contributed by atoms with Crippen LogP contribution < -0.4 is 5.32 Å². The lowest BCUT2D eigenvalue weighted by molar-refractivity contribution is -0.119. The number of carbonyl (C=O) groups is 1. The zero-order valence-electron chi connectivity index (χ0n) is 8.55. The number of likely N-dealkylation sites (N-methyl/N-ethyl adjacent to an activating group) is 1. The lowest BCUT2D eigenvalue weighted by Gasteiger charge is -2.22. The first-order valence-corrected chi connectivity index (χ1v) is 4.59. The molecule has 0 radical (unpaired) electrons. The van der Waals surface area contributed by atoms with Crippen LogP contribution in [-0.2, 0) is 4.79 Å². The van der Waals surface area contributed by atoms with Gasteiger partial charge in [0, 0.05) is 19.5 Å². The maximum Gasteiger partial charge on any atom is 0.217 e. The van der Waals surface area contributed by atoms with E-state index in [1.807, 2.05) is 6.92 Å². The minimum atomic E-state index is 0.0506. The highest BCUT2D eigenvalue weighted by Crippen LogP contribution is 1.90. The first kappa shape index (κ1) is 11.4. The van der Waals surface area contributed by atoms with Gasteiger partial charge in [-0.05, 0) is 20.0 Å². The highest BCUT2D eigenvalue weighted by Gasteiger charge is 2.06. The summed E-state index contributed by atoms with van der Waals surface area (Å²) in [6.45, 7) is 10.9. The predicted molar refractivity (Wildman–Crippen MR) is 51.1 cm³/mol. The van der Waals surface area contributed by atoms with E-state index in [1.54, 1.807) is 6.92 Å². The molecule has 0 aromatic carbocycles. The number of rotatable bonds is 5. The van der Waals surface area contributed by atoms with Crippen LogP contribution in [0.3, 0.4) is 0 Å². The Hall–Kier alpha value is -0.570. The van der Waals surface area contributed by atoms with E-state index in [0.29, 0.717) is 0 Å². The molecule has 12 heavy (non-hydrogen) atoms. The molecule has 0 aliphatic rings. The summed E-state index contributed by atoms with van der Waals surface area (Å²) in [6.07, 6.45) is 0. The first-order chi connectivity index (χ1) is 5.60. The molecule has 0 heterocycles. The third-order valence-corrected chi connectivity index (χ3v) is 1.88. The molecule has 0 aromatic heterocycles. The van der Waals surface area contributed by atoms with Gasteiger partial charge in [0.15, 0.2) is 0 Å². The van der Waals surface area contributed by atoms with Gasteiger partial charge in [-0.15, -0.1) is 0 Å². The van der Waals surface area contributed by atoms with Crippen LogP contribution in [0, 0.1) is 0 Å². The van der Waals surface area contributed by atoms with E-state index >= 15 is 0 Å². The van der Waals surface area contributed by atoms with Crippen molar-refractivity contribution in [2.24, 2.45) is 0 Å². The van der Waals surface area contributed by atoms with Gasteiger partial charge in [0.05, 0.1) is 0 Å². The van der Waals surface area contributed by atoms with Crippen molar-refractivity contribution in [3.8, 4) is 0 Å². The van der Waals surface area contributed by atoms with Gasteiger partial charge < -0.3 is 10.2 Å². The number of hydrogen-bond donors (Lipinski definition) is 1. The average Bonchev–Trinajstić information content (AvgIpc) is 1.98. The van der Waals surface area contributed by atoms with Gasteiger partial charge in [0.2, 0.25) is 5.91 Å². The molecule has 3 heteroatoms. The fourth-order valence-corrected chi connectivity index (χ4v) is 1.26. The van der Waals surface area contributed by atoms with Crippen LogP contribution in [0.2, 0.25) is 0 Å². The van der Waals surface area contributed by atoms with Crippen LogP contribution in [0.1, 0.15) is 27.7 Å². The summed E-state index contributed by atoms with van der Waals surface area (Å²) in [7, 11) is 0. The van der Waals surface area contributed by atoms with Crippen molar-refractivity contribution in [3.05, 3.63) is 0 Å². The van der Waals surface area contributed by atoms with E-state index in [9.17, 15) is 4.79 Å². The van der Waals surface area contributed by atoms with Gasteiger partial charge in [0.25, 0.3) is 0 Å². The molecule has 0 aliphatic carbocycles. The Balaban J connectivity index is 3.65. The lowest BCUT2D eigenvalue weighted by atomic mass is 10.3. The molecule has 1 atom stereocenters. The van der Waals surface area contributed by atoms with Gasteiger partial charge in [-0.25, -0.2) is 0 Å². The quantitative estimate of drug-likeness (QED) is 0.667. The van der Waals surface area contributed by atoms with Gasteiger partial charge in [0.1, 0.15) is 0 Å². The normalized spacial score (nSPS) is 13.1. The van der Waals surface area contributed by atoms with Crippen molar-refractivity contribution in [3.63, 3.8) is 0 Å². The molecular weight excluding hydrogens is 152 g/mol. The molecule has 1 amide bonds. The van der Waals surface area contributed by atoms with Gasteiger partial charge in [-0.1, -0.05) is 13.8 Å². The third-order valence-electron chi connectivity index (χ3n) is 1.88. The third kappa shape index (κ3) is 5.13. The van der Waals surface area contributed by atoms with Crippen molar-refractivity contribution < 1.29 is 4.79 Å². The van der Waals surface area contributed by atoms with E-state index in [2.05, 4.69) is 24.1 Å². The Morgan fingerprint density at radius 3 is 2.25 bits per heavy atom. The standard InChI is InChI=1S/C9H20N2O/c1-5-11(6-2)7-8(3)10-9(4)12/h8H,5-7H2,1-4H3,(H,10,12). The summed E-state index contributed by atoms with van der Waals surface area (Å²) in [6, 6.07) is 0.252. The largest absolute Gasteiger partial charge is 0.353 e. The van der Waals surface area contributed by atoms with E-state index in [4.69, 9.17) is 0 Å².